The van der Waals surface area contributed by atoms with E-state index in [-0.39, 0.29) is 13.2 Å². The van der Waals surface area contributed by atoms with Gasteiger partial charge in [-0.1, -0.05) is 6.07 Å². The lowest BCUT2D eigenvalue weighted by Gasteiger charge is -2.25. The standard InChI is InChI=1S/C14H18F2N2O2/c15-13(16)9-18(7-8-19)14(20)11-3-1-5-12-10(11)4-2-6-17-12/h1,3,5,13,17,19H,2,4,6-9H2. The number of hydrogen-bond donors (Lipinski definition) is 2. The van der Waals surface area contributed by atoms with Crippen molar-refractivity contribution in [2.75, 3.05) is 31.6 Å². The van der Waals surface area contributed by atoms with E-state index in [9.17, 15) is 13.6 Å². The molecule has 1 aliphatic heterocycles. The number of rotatable bonds is 5. The van der Waals surface area contributed by atoms with Crippen molar-refractivity contribution in [3.8, 4) is 0 Å². The van der Waals surface area contributed by atoms with Crippen LogP contribution in [0.1, 0.15) is 22.3 Å². The average Bonchev–Trinajstić information content (AvgIpc) is 2.45. The number of fused-ring (bicyclic) bond motifs is 1. The summed E-state index contributed by atoms with van der Waals surface area (Å²) in [6, 6.07) is 5.28. The highest BCUT2D eigenvalue weighted by molar-refractivity contribution is 5.97. The first-order valence-corrected chi connectivity index (χ1v) is 6.67. The molecule has 1 aliphatic rings. The number of anilines is 1. The molecule has 4 nitrogen and oxygen atoms in total. The number of aliphatic hydroxyl groups is 1. The van der Waals surface area contributed by atoms with Crippen LogP contribution in [0.15, 0.2) is 18.2 Å². The number of halogens is 2. The number of nitrogens with zero attached hydrogens (tertiary/aromatic N) is 1. The number of carbonyl (C=O) groups is 1. The molecule has 0 fully saturated rings. The van der Waals surface area contributed by atoms with Crippen LogP contribution >= 0.6 is 0 Å². The van der Waals surface area contributed by atoms with Crippen LogP contribution in [-0.2, 0) is 6.42 Å². The van der Waals surface area contributed by atoms with Crippen molar-refractivity contribution in [1.82, 2.24) is 4.90 Å². The van der Waals surface area contributed by atoms with Gasteiger partial charge in [-0.3, -0.25) is 4.79 Å². The molecule has 0 atom stereocenters. The van der Waals surface area contributed by atoms with Crippen molar-refractivity contribution in [3.05, 3.63) is 29.3 Å². The Labute approximate surface area is 116 Å². The highest BCUT2D eigenvalue weighted by Gasteiger charge is 2.23. The van der Waals surface area contributed by atoms with Crippen LogP contribution in [0.25, 0.3) is 0 Å². The van der Waals surface area contributed by atoms with Gasteiger partial charge in [-0.2, -0.15) is 0 Å². The molecule has 0 aliphatic carbocycles. The van der Waals surface area contributed by atoms with E-state index in [4.69, 9.17) is 5.11 Å². The zero-order valence-electron chi connectivity index (χ0n) is 11.1. The fraction of sp³-hybridized carbons (Fsp3) is 0.500. The van der Waals surface area contributed by atoms with E-state index in [0.29, 0.717) is 5.56 Å². The predicted octanol–water partition coefficient (Wildman–Crippen LogP) is 1.74. The second-order valence-electron chi connectivity index (χ2n) is 4.73. The zero-order chi connectivity index (χ0) is 14.5. The van der Waals surface area contributed by atoms with Gasteiger partial charge in [0.2, 0.25) is 0 Å². The molecule has 0 radical (unpaired) electrons. The third-order valence-corrected chi connectivity index (χ3v) is 3.34. The maximum atomic E-state index is 12.5. The summed E-state index contributed by atoms with van der Waals surface area (Å²) in [5.74, 6) is -0.445. The minimum absolute atomic E-state index is 0.0831. The van der Waals surface area contributed by atoms with Gasteiger partial charge in [0.1, 0.15) is 0 Å². The first kappa shape index (κ1) is 14.7. The van der Waals surface area contributed by atoms with Crippen molar-refractivity contribution in [2.45, 2.75) is 19.3 Å². The number of amides is 1. The minimum Gasteiger partial charge on any atom is -0.395 e. The molecule has 1 heterocycles. The van der Waals surface area contributed by atoms with E-state index in [2.05, 4.69) is 5.32 Å². The Hall–Kier alpha value is -1.69. The summed E-state index contributed by atoms with van der Waals surface area (Å²) >= 11 is 0. The number of nitrogens with one attached hydrogen (secondary N) is 1. The average molecular weight is 284 g/mol. The van der Waals surface area contributed by atoms with Crippen molar-refractivity contribution >= 4 is 11.6 Å². The number of hydrogen-bond acceptors (Lipinski definition) is 3. The quantitative estimate of drug-likeness (QED) is 0.866. The Balaban J connectivity index is 2.26. The second kappa shape index (κ2) is 6.65. The van der Waals surface area contributed by atoms with E-state index < -0.39 is 18.9 Å². The molecule has 0 aromatic heterocycles. The summed E-state index contributed by atoms with van der Waals surface area (Å²) in [5, 5.41) is 12.1. The van der Waals surface area contributed by atoms with Crippen molar-refractivity contribution in [3.63, 3.8) is 0 Å². The molecular weight excluding hydrogens is 266 g/mol. The van der Waals surface area contributed by atoms with Gasteiger partial charge in [0.05, 0.1) is 13.2 Å². The van der Waals surface area contributed by atoms with Gasteiger partial charge < -0.3 is 15.3 Å². The Morgan fingerprint density at radius 3 is 2.95 bits per heavy atom. The predicted molar refractivity (Wildman–Crippen MR) is 72.2 cm³/mol. The first-order chi connectivity index (χ1) is 9.63. The van der Waals surface area contributed by atoms with Crippen LogP contribution in [0.5, 0.6) is 0 Å². The van der Waals surface area contributed by atoms with Gasteiger partial charge in [-0.15, -0.1) is 0 Å². The molecular formula is C14H18F2N2O2. The maximum absolute atomic E-state index is 12.5. The van der Waals surface area contributed by atoms with E-state index >= 15 is 0 Å². The summed E-state index contributed by atoms with van der Waals surface area (Å²) < 4.78 is 25.1. The molecule has 1 aromatic carbocycles. The Morgan fingerprint density at radius 1 is 1.45 bits per heavy atom. The lowest BCUT2D eigenvalue weighted by molar-refractivity contribution is 0.0508. The third-order valence-electron chi connectivity index (χ3n) is 3.34. The van der Waals surface area contributed by atoms with Gasteiger partial charge >= 0.3 is 0 Å². The Bertz CT molecular complexity index is 480. The highest BCUT2D eigenvalue weighted by Crippen LogP contribution is 2.26. The van der Waals surface area contributed by atoms with Crippen LogP contribution in [0.2, 0.25) is 0 Å². The van der Waals surface area contributed by atoms with Crippen molar-refractivity contribution < 1.29 is 18.7 Å². The van der Waals surface area contributed by atoms with E-state index in [1.807, 2.05) is 6.07 Å². The van der Waals surface area contributed by atoms with Crippen molar-refractivity contribution in [2.24, 2.45) is 0 Å². The summed E-state index contributed by atoms with van der Waals surface area (Å²) in [7, 11) is 0. The van der Waals surface area contributed by atoms with Gasteiger partial charge in [0, 0.05) is 24.3 Å². The third kappa shape index (κ3) is 3.25. The maximum Gasteiger partial charge on any atom is 0.255 e. The fourth-order valence-electron chi connectivity index (χ4n) is 2.44. The Morgan fingerprint density at radius 2 is 2.25 bits per heavy atom. The van der Waals surface area contributed by atoms with Gasteiger partial charge in [-0.05, 0) is 30.5 Å². The summed E-state index contributed by atoms with van der Waals surface area (Å²) in [5.41, 5.74) is 2.22. The molecule has 110 valence electrons. The number of benzene rings is 1. The Kier molecular flexibility index (Phi) is 4.89. The number of alkyl halides is 2. The number of aliphatic hydroxyl groups excluding tert-OH is 1. The van der Waals surface area contributed by atoms with Crippen molar-refractivity contribution in [1.29, 1.82) is 0 Å². The molecule has 0 saturated heterocycles. The van der Waals surface area contributed by atoms with Crippen LogP contribution < -0.4 is 5.32 Å². The SMILES string of the molecule is O=C(c1cccc2c1CCCN2)N(CCO)CC(F)F. The van der Waals surface area contributed by atoms with E-state index in [1.54, 1.807) is 12.1 Å². The summed E-state index contributed by atoms with van der Waals surface area (Å²) in [6.45, 7) is -0.218. The molecule has 0 bridgehead atoms. The fourth-order valence-corrected chi connectivity index (χ4v) is 2.44. The molecule has 0 spiro atoms. The topological polar surface area (TPSA) is 52.6 Å². The van der Waals surface area contributed by atoms with Crippen LogP contribution in [-0.4, -0.2) is 48.6 Å². The largest absolute Gasteiger partial charge is 0.395 e. The number of carbonyl (C=O) groups excluding carboxylic acids is 1. The minimum atomic E-state index is -2.61. The molecule has 0 saturated carbocycles. The molecule has 6 heteroatoms. The normalized spacial score (nSPS) is 13.8. The summed E-state index contributed by atoms with van der Waals surface area (Å²) in [6.07, 6.45) is -0.943. The van der Waals surface area contributed by atoms with E-state index in [1.165, 1.54) is 0 Å². The lowest BCUT2D eigenvalue weighted by Crippen LogP contribution is -2.38. The van der Waals surface area contributed by atoms with Gasteiger partial charge in [0.15, 0.2) is 0 Å². The van der Waals surface area contributed by atoms with E-state index in [0.717, 1.165) is 35.5 Å². The summed E-state index contributed by atoms with van der Waals surface area (Å²) in [4.78, 5) is 13.4. The smallest absolute Gasteiger partial charge is 0.255 e. The van der Waals surface area contributed by atoms with Crippen LogP contribution in [0, 0.1) is 0 Å². The van der Waals surface area contributed by atoms with Crippen LogP contribution in [0.4, 0.5) is 14.5 Å². The zero-order valence-corrected chi connectivity index (χ0v) is 11.1. The van der Waals surface area contributed by atoms with Crippen LogP contribution in [0.3, 0.4) is 0 Å². The monoisotopic (exact) mass is 284 g/mol. The highest BCUT2D eigenvalue weighted by atomic mass is 19.3. The molecule has 1 amide bonds. The molecule has 1 aromatic rings. The second-order valence-corrected chi connectivity index (χ2v) is 4.73. The lowest BCUT2D eigenvalue weighted by atomic mass is 9.97. The van der Waals surface area contributed by atoms with Gasteiger partial charge in [0.25, 0.3) is 12.3 Å². The molecule has 2 rings (SSSR count). The van der Waals surface area contributed by atoms with Gasteiger partial charge in [-0.25, -0.2) is 8.78 Å². The first-order valence-electron chi connectivity index (χ1n) is 6.67. The molecule has 0 unspecified atom stereocenters. The molecule has 2 N–H and O–H groups in total. The molecule has 20 heavy (non-hydrogen) atoms.